The molecule has 76 valence electrons. The highest BCUT2D eigenvalue weighted by atomic mass is 35.5. The van der Waals surface area contributed by atoms with E-state index in [1.807, 2.05) is 12.1 Å². The topological polar surface area (TPSA) is 9.23 Å². The largest absolute Gasteiger partial charge is 0.496 e. The van der Waals surface area contributed by atoms with Gasteiger partial charge in [0.1, 0.15) is 5.75 Å². The van der Waals surface area contributed by atoms with Crippen LogP contribution in [0.15, 0.2) is 12.1 Å². The first kappa shape index (κ1) is 9.85. The quantitative estimate of drug-likeness (QED) is 0.689. The Labute approximate surface area is 90.0 Å². The Balaban J connectivity index is 2.65. The highest BCUT2D eigenvalue weighted by molar-refractivity contribution is 6.31. The fourth-order valence-electron chi connectivity index (χ4n) is 2.33. The second kappa shape index (κ2) is 3.16. The van der Waals surface area contributed by atoms with E-state index in [0.717, 1.165) is 23.6 Å². The van der Waals surface area contributed by atoms with Gasteiger partial charge in [-0.1, -0.05) is 25.4 Å². The van der Waals surface area contributed by atoms with Crippen LogP contribution in [0.2, 0.25) is 5.02 Å². The molecule has 14 heavy (non-hydrogen) atoms. The Morgan fingerprint density at radius 1 is 1.36 bits per heavy atom. The maximum atomic E-state index is 6.23. The number of halogens is 1. The summed E-state index contributed by atoms with van der Waals surface area (Å²) in [4.78, 5) is 0. The second-order valence-corrected chi connectivity index (χ2v) is 4.89. The lowest BCUT2D eigenvalue weighted by Gasteiger charge is -2.20. The highest BCUT2D eigenvalue weighted by Gasteiger charge is 2.33. The first-order chi connectivity index (χ1) is 6.56. The van der Waals surface area contributed by atoms with Gasteiger partial charge in [-0.15, -0.1) is 0 Å². The molecule has 2 rings (SSSR count). The lowest BCUT2D eigenvalue weighted by Crippen LogP contribution is -2.12. The molecule has 1 aliphatic rings. The molecular weight excluding hydrogens is 196 g/mol. The Kier molecular flexibility index (Phi) is 2.23. The van der Waals surface area contributed by atoms with Crippen LogP contribution in [-0.2, 0) is 11.8 Å². The van der Waals surface area contributed by atoms with Crippen molar-refractivity contribution in [2.24, 2.45) is 0 Å². The fourth-order valence-corrected chi connectivity index (χ4v) is 2.77. The van der Waals surface area contributed by atoms with Gasteiger partial charge in [0, 0.05) is 5.02 Å². The zero-order valence-electron chi connectivity index (χ0n) is 8.86. The molecule has 0 atom stereocenters. The molecule has 2 heteroatoms. The van der Waals surface area contributed by atoms with Gasteiger partial charge in [-0.3, -0.25) is 0 Å². The lowest BCUT2D eigenvalue weighted by molar-refractivity contribution is 0.410. The molecule has 0 amide bonds. The fraction of sp³-hybridized carbons (Fsp3) is 0.500. The van der Waals surface area contributed by atoms with Crippen molar-refractivity contribution < 1.29 is 4.74 Å². The van der Waals surface area contributed by atoms with E-state index < -0.39 is 0 Å². The van der Waals surface area contributed by atoms with Gasteiger partial charge in [-0.2, -0.15) is 0 Å². The predicted molar refractivity (Wildman–Crippen MR) is 59.4 cm³/mol. The Morgan fingerprint density at radius 2 is 2.07 bits per heavy atom. The van der Waals surface area contributed by atoms with Gasteiger partial charge in [-0.25, -0.2) is 0 Å². The first-order valence-electron chi connectivity index (χ1n) is 4.92. The number of hydrogen-bond donors (Lipinski definition) is 0. The first-order valence-corrected chi connectivity index (χ1v) is 5.30. The molecule has 1 nitrogen and oxygen atoms in total. The summed E-state index contributed by atoms with van der Waals surface area (Å²) in [5.41, 5.74) is 2.77. The summed E-state index contributed by atoms with van der Waals surface area (Å²) < 4.78 is 5.35. The van der Waals surface area contributed by atoms with Crippen LogP contribution in [0.1, 0.15) is 31.4 Å². The average Bonchev–Trinajstić information content (AvgIpc) is 2.44. The number of rotatable bonds is 1. The SMILES string of the molecule is COc1ccc(Cl)c2c1CCC2(C)C. The van der Waals surface area contributed by atoms with Crippen molar-refractivity contribution in [1.82, 2.24) is 0 Å². The Hall–Kier alpha value is -0.690. The van der Waals surface area contributed by atoms with E-state index in [0.29, 0.717) is 0 Å². The summed E-state index contributed by atoms with van der Waals surface area (Å²) in [7, 11) is 1.72. The van der Waals surface area contributed by atoms with Crippen molar-refractivity contribution in [2.75, 3.05) is 7.11 Å². The molecular formula is C12H15ClO. The van der Waals surface area contributed by atoms with E-state index in [2.05, 4.69) is 13.8 Å². The maximum absolute atomic E-state index is 6.23. The summed E-state index contributed by atoms with van der Waals surface area (Å²) in [6.07, 6.45) is 2.23. The lowest BCUT2D eigenvalue weighted by atomic mass is 9.86. The monoisotopic (exact) mass is 210 g/mol. The van der Waals surface area contributed by atoms with Gasteiger partial charge in [0.15, 0.2) is 0 Å². The van der Waals surface area contributed by atoms with E-state index in [1.165, 1.54) is 11.1 Å². The predicted octanol–water partition coefficient (Wildman–Crippen LogP) is 3.57. The summed E-state index contributed by atoms with van der Waals surface area (Å²) in [5, 5.41) is 0.878. The van der Waals surface area contributed by atoms with Crippen LogP contribution in [0.5, 0.6) is 5.75 Å². The number of methoxy groups -OCH3 is 1. The standard InChI is InChI=1S/C12H15ClO/c1-12(2)7-6-8-10(14-3)5-4-9(13)11(8)12/h4-5H,6-7H2,1-3H3. The van der Waals surface area contributed by atoms with Crippen LogP contribution in [0.3, 0.4) is 0 Å². The van der Waals surface area contributed by atoms with Crippen LogP contribution in [-0.4, -0.2) is 7.11 Å². The smallest absolute Gasteiger partial charge is 0.122 e. The van der Waals surface area contributed by atoms with Crippen LogP contribution in [0.4, 0.5) is 0 Å². The third-order valence-electron chi connectivity index (χ3n) is 3.12. The van der Waals surface area contributed by atoms with Crippen LogP contribution < -0.4 is 4.74 Å². The minimum Gasteiger partial charge on any atom is -0.496 e. The molecule has 0 saturated heterocycles. The van der Waals surface area contributed by atoms with Crippen molar-refractivity contribution in [3.05, 3.63) is 28.3 Å². The van der Waals surface area contributed by atoms with E-state index >= 15 is 0 Å². The van der Waals surface area contributed by atoms with E-state index in [9.17, 15) is 0 Å². The van der Waals surface area contributed by atoms with E-state index in [1.54, 1.807) is 7.11 Å². The van der Waals surface area contributed by atoms with Crippen LogP contribution >= 0.6 is 11.6 Å². The molecule has 0 aliphatic heterocycles. The molecule has 0 fully saturated rings. The van der Waals surface area contributed by atoms with Gasteiger partial charge in [0.2, 0.25) is 0 Å². The molecule has 1 aliphatic carbocycles. The van der Waals surface area contributed by atoms with Crippen LogP contribution in [0.25, 0.3) is 0 Å². The molecule has 0 unspecified atom stereocenters. The minimum atomic E-state index is 0.195. The van der Waals surface area contributed by atoms with Crippen molar-refractivity contribution in [3.63, 3.8) is 0 Å². The zero-order chi connectivity index (χ0) is 10.3. The summed E-state index contributed by atoms with van der Waals surface area (Å²) in [5.74, 6) is 0.981. The van der Waals surface area contributed by atoms with Crippen molar-refractivity contribution in [1.29, 1.82) is 0 Å². The maximum Gasteiger partial charge on any atom is 0.122 e. The molecule has 0 N–H and O–H groups in total. The van der Waals surface area contributed by atoms with Gasteiger partial charge in [0.05, 0.1) is 7.11 Å². The third kappa shape index (κ3) is 1.31. The number of benzene rings is 1. The Morgan fingerprint density at radius 3 is 2.71 bits per heavy atom. The molecule has 1 aromatic rings. The summed E-state index contributed by atoms with van der Waals surface area (Å²) in [6.45, 7) is 4.48. The summed E-state index contributed by atoms with van der Waals surface area (Å²) >= 11 is 6.23. The van der Waals surface area contributed by atoms with Gasteiger partial charge in [-0.05, 0) is 41.5 Å². The van der Waals surface area contributed by atoms with Gasteiger partial charge in [0.25, 0.3) is 0 Å². The van der Waals surface area contributed by atoms with E-state index in [-0.39, 0.29) is 5.41 Å². The van der Waals surface area contributed by atoms with Crippen LogP contribution in [0, 0.1) is 0 Å². The highest BCUT2D eigenvalue weighted by Crippen LogP contribution is 2.45. The normalized spacial score (nSPS) is 18.0. The third-order valence-corrected chi connectivity index (χ3v) is 3.43. The second-order valence-electron chi connectivity index (χ2n) is 4.49. The van der Waals surface area contributed by atoms with Crippen molar-refractivity contribution in [3.8, 4) is 5.75 Å². The molecule has 0 heterocycles. The van der Waals surface area contributed by atoms with Crippen molar-refractivity contribution in [2.45, 2.75) is 32.1 Å². The molecule has 0 bridgehead atoms. The summed E-state index contributed by atoms with van der Waals surface area (Å²) in [6, 6.07) is 3.90. The van der Waals surface area contributed by atoms with E-state index in [4.69, 9.17) is 16.3 Å². The molecule has 0 radical (unpaired) electrons. The number of fused-ring (bicyclic) bond motifs is 1. The van der Waals surface area contributed by atoms with Gasteiger partial charge < -0.3 is 4.74 Å². The van der Waals surface area contributed by atoms with Crippen molar-refractivity contribution >= 4 is 11.6 Å². The molecule has 0 saturated carbocycles. The Bertz CT molecular complexity index is 369. The zero-order valence-corrected chi connectivity index (χ0v) is 9.61. The molecule has 0 spiro atoms. The minimum absolute atomic E-state index is 0.195. The molecule has 0 aromatic heterocycles. The molecule has 1 aromatic carbocycles. The number of ether oxygens (including phenoxy) is 1. The van der Waals surface area contributed by atoms with Gasteiger partial charge >= 0.3 is 0 Å². The average molecular weight is 211 g/mol. The number of hydrogen-bond acceptors (Lipinski definition) is 1.